The topological polar surface area (TPSA) is 59.6 Å². The predicted octanol–water partition coefficient (Wildman–Crippen LogP) is 4.22. The van der Waals surface area contributed by atoms with E-state index in [9.17, 15) is 4.79 Å². The van der Waals surface area contributed by atoms with Gasteiger partial charge in [-0.2, -0.15) is 0 Å². The van der Waals surface area contributed by atoms with Crippen LogP contribution in [0.2, 0.25) is 0 Å². The molecule has 2 amide bonds. The third-order valence-electron chi connectivity index (χ3n) is 4.13. The largest absolute Gasteiger partial charge is 0.497 e. The minimum absolute atomic E-state index is 0.0234. The molecule has 2 rings (SSSR count). The fraction of sp³-hybridized carbons (Fsp3) is 0.381. The first-order chi connectivity index (χ1) is 12.6. The molecule has 0 fully saturated rings. The molecule has 2 aromatic rings. The Morgan fingerprint density at radius 1 is 1.04 bits per heavy atom. The third-order valence-corrected chi connectivity index (χ3v) is 4.13. The van der Waals surface area contributed by atoms with Gasteiger partial charge in [0, 0.05) is 6.54 Å². The van der Waals surface area contributed by atoms with Gasteiger partial charge >= 0.3 is 6.03 Å². The van der Waals surface area contributed by atoms with Gasteiger partial charge in [-0.3, -0.25) is 0 Å². The maximum absolute atomic E-state index is 12.1. The lowest BCUT2D eigenvalue weighted by molar-refractivity contribution is 0.235. The fourth-order valence-electron chi connectivity index (χ4n) is 2.57. The second-order valence-electron chi connectivity index (χ2n) is 6.15. The Labute approximate surface area is 155 Å². The van der Waals surface area contributed by atoms with Crippen molar-refractivity contribution in [3.63, 3.8) is 0 Å². The summed E-state index contributed by atoms with van der Waals surface area (Å²) in [5, 5.41) is 5.88. The zero-order valence-electron chi connectivity index (χ0n) is 15.7. The van der Waals surface area contributed by atoms with Gasteiger partial charge in [-0.15, -0.1) is 0 Å². The molecule has 5 nitrogen and oxygen atoms in total. The quantitative estimate of drug-likeness (QED) is 0.661. The van der Waals surface area contributed by atoms with E-state index in [1.807, 2.05) is 62.4 Å². The van der Waals surface area contributed by atoms with Gasteiger partial charge < -0.3 is 20.1 Å². The van der Waals surface area contributed by atoms with Crippen LogP contribution < -0.4 is 20.1 Å². The van der Waals surface area contributed by atoms with Crippen LogP contribution in [0.5, 0.6) is 11.5 Å². The van der Waals surface area contributed by atoms with E-state index in [0.29, 0.717) is 13.2 Å². The second-order valence-corrected chi connectivity index (χ2v) is 6.15. The van der Waals surface area contributed by atoms with Crippen molar-refractivity contribution in [2.24, 2.45) is 0 Å². The Morgan fingerprint density at radius 3 is 2.31 bits per heavy atom. The number of hydrogen-bond acceptors (Lipinski definition) is 3. The van der Waals surface area contributed by atoms with Gasteiger partial charge in [0.15, 0.2) is 0 Å². The van der Waals surface area contributed by atoms with Crippen LogP contribution in [0.25, 0.3) is 0 Å². The summed E-state index contributed by atoms with van der Waals surface area (Å²) in [4.78, 5) is 12.1. The fourth-order valence-corrected chi connectivity index (χ4v) is 2.57. The first-order valence-corrected chi connectivity index (χ1v) is 9.00. The first kappa shape index (κ1) is 19.6. The molecule has 140 valence electrons. The standard InChI is InChI=1S/C21H28N2O3/c1-4-20(17-8-12-18(25-3)13-9-17)23-21(24)22-14-5-15-26-19-10-6-16(2)7-11-19/h6-13,20H,4-5,14-15H2,1-3H3,(H2,22,23,24). The predicted molar refractivity (Wildman–Crippen MR) is 104 cm³/mol. The van der Waals surface area contributed by atoms with Crippen LogP contribution >= 0.6 is 0 Å². The molecule has 0 saturated heterocycles. The van der Waals surface area contributed by atoms with E-state index in [-0.39, 0.29) is 12.1 Å². The van der Waals surface area contributed by atoms with Crippen LogP contribution in [0, 0.1) is 6.92 Å². The summed E-state index contributed by atoms with van der Waals surface area (Å²) in [5.41, 5.74) is 2.27. The number of urea groups is 1. The summed E-state index contributed by atoms with van der Waals surface area (Å²) in [7, 11) is 1.64. The smallest absolute Gasteiger partial charge is 0.315 e. The van der Waals surface area contributed by atoms with E-state index >= 15 is 0 Å². The first-order valence-electron chi connectivity index (χ1n) is 9.00. The molecule has 0 aliphatic heterocycles. The lowest BCUT2D eigenvalue weighted by Crippen LogP contribution is -2.38. The van der Waals surface area contributed by atoms with Crippen molar-refractivity contribution in [3.05, 3.63) is 59.7 Å². The molecule has 0 spiro atoms. The number of benzene rings is 2. The zero-order valence-corrected chi connectivity index (χ0v) is 15.7. The Kier molecular flexibility index (Phi) is 7.80. The van der Waals surface area contributed by atoms with Gasteiger partial charge in [0.2, 0.25) is 0 Å². The molecule has 0 heterocycles. The van der Waals surface area contributed by atoms with Crippen molar-refractivity contribution in [3.8, 4) is 11.5 Å². The average molecular weight is 356 g/mol. The van der Waals surface area contributed by atoms with Crippen LogP contribution in [-0.4, -0.2) is 26.3 Å². The number of methoxy groups -OCH3 is 1. The lowest BCUT2D eigenvalue weighted by atomic mass is 10.0. The minimum atomic E-state index is -0.164. The van der Waals surface area contributed by atoms with Crippen molar-refractivity contribution in [1.82, 2.24) is 10.6 Å². The van der Waals surface area contributed by atoms with E-state index in [2.05, 4.69) is 10.6 Å². The molecular weight excluding hydrogens is 328 g/mol. The van der Waals surface area contributed by atoms with Gasteiger partial charge in [0.05, 0.1) is 19.8 Å². The van der Waals surface area contributed by atoms with Crippen molar-refractivity contribution >= 4 is 6.03 Å². The summed E-state index contributed by atoms with van der Waals surface area (Å²) in [6.07, 6.45) is 1.57. The van der Waals surface area contributed by atoms with E-state index in [1.54, 1.807) is 7.11 Å². The van der Waals surface area contributed by atoms with Crippen LogP contribution in [0.1, 0.15) is 36.9 Å². The Morgan fingerprint density at radius 2 is 1.69 bits per heavy atom. The summed E-state index contributed by atoms with van der Waals surface area (Å²) in [6, 6.07) is 15.5. The van der Waals surface area contributed by atoms with Crippen molar-refractivity contribution < 1.29 is 14.3 Å². The summed E-state index contributed by atoms with van der Waals surface area (Å²) >= 11 is 0. The highest BCUT2D eigenvalue weighted by atomic mass is 16.5. The van der Waals surface area contributed by atoms with Crippen molar-refractivity contribution in [2.75, 3.05) is 20.3 Å². The Hall–Kier alpha value is -2.69. The molecule has 26 heavy (non-hydrogen) atoms. The number of ether oxygens (including phenoxy) is 2. The molecule has 0 radical (unpaired) electrons. The van der Waals surface area contributed by atoms with E-state index < -0.39 is 0 Å². The average Bonchev–Trinajstić information content (AvgIpc) is 2.67. The molecule has 0 aromatic heterocycles. The maximum atomic E-state index is 12.1. The lowest BCUT2D eigenvalue weighted by Gasteiger charge is -2.18. The van der Waals surface area contributed by atoms with Gasteiger partial charge in [0.1, 0.15) is 11.5 Å². The highest BCUT2D eigenvalue weighted by molar-refractivity contribution is 5.74. The molecule has 0 saturated carbocycles. The number of carbonyl (C=O) groups excluding carboxylic acids is 1. The third kappa shape index (κ3) is 6.31. The highest BCUT2D eigenvalue weighted by Crippen LogP contribution is 2.19. The molecule has 1 atom stereocenters. The number of hydrogen-bond donors (Lipinski definition) is 2. The van der Waals surface area contributed by atoms with E-state index in [4.69, 9.17) is 9.47 Å². The molecule has 2 N–H and O–H groups in total. The van der Waals surface area contributed by atoms with E-state index in [1.165, 1.54) is 5.56 Å². The molecule has 0 aliphatic carbocycles. The maximum Gasteiger partial charge on any atom is 0.315 e. The number of aryl methyl sites for hydroxylation is 1. The summed E-state index contributed by atoms with van der Waals surface area (Å²) in [6.45, 7) is 5.22. The summed E-state index contributed by atoms with van der Waals surface area (Å²) < 4.78 is 10.8. The van der Waals surface area contributed by atoms with Crippen molar-refractivity contribution in [2.45, 2.75) is 32.7 Å². The number of nitrogens with one attached hydrogen (secondary N) is 2. The molecule has 0 bridgehead atoms. The number of amides is 2. The zero-order chi connectivity index (χ0) is 18.8. The minimum Gasteiger partial charge on any atom is -0.497 e. The SMILES string of the molecule is CCC(NC(=O)NCCCOc1ccc(C)cc1)c1ccc(OC)cc1. The molecule has 1 unspecified atom stereocenters. The molecule has 2 aromatic carbocycles. The Bertz CT molecular complexity index is 669. The second kappa shape index (κ2) is 10.3. The van der Waals surface area contributed by atoms with Crippen LogP contribution in [0.15, 0.2) is 48.5 Å². The van der Waals surface area contributed by atoms with Gasteiger partial charge in [0.25, 0.3) is 0 Å². The number of carbonyl (C=O) groups is 1. The van der Waals surface area contributed by atoms with Gasteiger partial charge in [-0.25, -0.2) is 4.79 Å². The van der Waals surface area contributed by atoms with Crippen LogP contribution in [-0.2, 0) is 0 Å². The molecule has 5 heteroatoms. The van der Waals surface area contributed by atoms with Crippen LogP contribution in [0.3, 0.4) is 0 Å². The molecular formula is C21H28N2O3. The van der Waals surface area contributed by atoms with Crippen molar-refractivity contribution in [1.29, 1.82) is 0 Å². The van der Waals surface area contributed by atoms with Crippen LogP contribution in [0.4, 0.5) is 4.79 Å². The normalized spacial score (nSPS) is 11.5. The van der Waals surface area contributed by atoms with Gasteiger partial charge in [-0.05, 0) is 49.6 Å². The Balaban J connectivity index is 1.68. The summed E-state index contributed by atoms with van der Waals surface area (Å²) in [5.74, 6) is 1.66. The monoisotopic (exact) mass is 356 g/mol. The van der Waals surface area contributed by atoms with E-state index in [0.717, 1.165) is 29.9 Å². The highest BCUT2D eigenvalue weighted by Gasteiger charge is 2.12. The van der Waals surface area contributed by atoms with Gasteiger partial charge in [-0.1, -0.05) is 36.8 Å². The number of rotatable bonds is 9. The molecule has 0 aliphatic rings.